The molecule has 1 aromatic heterocycles. The number of hydrogen-bond acceptors (Lipinski definition) is 9. The molecule has 0 spiro atoms. The normalized spacial score (nSPS) is 14.4. The Morgan fingerprint density at radius 2 is 1.67 bits per heavy atom. The summed E-state index contributed by atoms with van der Waals surface area (Å²) in [5, 5.41) is 0.645. The first kappa shape index (κ1) is 33.8. The summed E-state index contributed by atoms with van der Waals surface area (Å²) in [6.45, 7) is 3.93. The summed E-state index contributed by atoms with van der Waals surface area (Å²) in [6, 6.07) is 13.6. The zero-order chi connectivity index (χ0) is 33.1. The maximum atomic E-state index is 14.2. The number of halogens is 3. The van der Waals surface area contributed by atoms with E-state index in [-0.39, 0.29) is 17.7 Å². The van der Waals surface area contributed by atoms with Gasteiger partial charge in [-0.15, -0.1) is 0 Å². The molecular weight excluding hydrogens is 764 g/mol. The van der Waals surface area contributed by atoms with Crippen molar-refractivity contribution in [3.63, 3.8) is 0 Å². The molecule has 0 amide bonds. The molecule has 0 saturated carbocycles. The van der Waals surface area contributed by atoms with Crippen LogP contribution in [0.1, 0.15) is 36.6 Å². The lowest BCUT2D eigenvalue weighted by molar-refractivity contribution is -0.139. The molecule has 240 valence electrons. The van der Waals surface area contributed by atoms with Crippen molar-refractivity contribution >= 4 is 66.8 Å². The Hall–Kier alpha value is -3.58. The number of ether oxygens (including phenoxy) is 5. The quantitative estimate of drug-likeness (QED) is 0.168. The van der Waals surface area contributed by atoms with Gasteiger partial charge in [-0.2, -0.15) is 0 Å². The Labute approximate surface area is 290 Å². The topological polar surface area (TPSA) is 97.6 Å². The van der Waals surface area contributed by atoms with Crippen LogP contribution >= 0.6 is 54.8 Å². The van der Waals surface area contributed by atoms with Gasteiger partial charge in [-0.1, -0.05) is 51.0 Å². The second kappa shape index (κ2) is 14.5. The molecule has 46 heavy (non-hydrogen) atoms. The van der Waals surface area contributed by atoms with Crippen LogP contribution in [0.3, 0.4) is 0 Å². The predicted molar refractivity (Wildman–Crippen MR) is 184 cm³/mol. The van der Waals surface area contributed by atoms with E-state index in [1.54, 1.807) is 57.4 Å². The average Bonchev–Trinajstić information content (AvgIpc) is 3.33. The summed E-state index contributed by atoms with van der Waals surface area (Å²) in [4.78, 5) is 32.6. The highest BCUT2D eigenvalue weighted by Gasteiger charge is 2.35. The molecule has 0 bridgehead atoms. The van der Waals surface area contributed by atoms with Gasteiger partial charge in [0.2, 0.25) is 0 Å². The van der Waals surface area contributed by atoms with Gasteiger partial charge in [0.05, 0.1) is 54.3 Å². The third-order valence-corrected chi connectivity index (χ3v) is 9.67. The van der Waals surface area contributed by atoms with Gasteiger partial charge in [0.1, 0.15) is 6.61 Å². The molecule has 13 heteroatoms. The van der Waals surface area contributed by atoms with Crippen LogP contribution in [0.2, 0.25) is 5.02 Å². The zero-order valence-corrected chi connectivity index (χ0v) is 30.2. The van der Waals surface area contributed by atoms with Gasteiger partial charge < -0.3 is 23.7 Å². The van der Waals surface area contributed by atoms with E-state index in [4.69, 9.17) is 35.3 Å². The summed E-state index contributed by atoms with van der Waals surface area (Å²) in [5.74, 6) is 1.37. The summed E-state index contributed by atoms with van der Waals surface area (Å²) < 4.78 is 31.3. The van der Waals surface area contributed by atoms with Gasteiger partial charge in [0.25, 0.3) is 5.56 Å². The molecule has 1 aliphatic heterocycles. The Kier molecular flexibility index (Phi) is 10.6. The molecule has 9 nitrogen and oxygen atoms in total. The van der Waals surface area contributed by atoms with Crippen LogP contribution in [-0.4, -0.2) is 38.5 Å². The highest BCUT2D eigenvalue weighted by Crippen LogP contribution is 2.41. The minimum atomic E-state index is -0.850. The molecule has 1 atom stereocenters. The second-order valence-corrected chi connectivity index (χ2v) is 13.1. The predicted octanol–water partition coefficient (Wildman–Crippen LogP) is 6.58. The molecule has 5 rings (SSSR count). The van der Waals surface area contributed by atoms with Crippen molar-refractivity contribution in [2.24, 2.45) is 4.99 Å². The van der Waals surface area contributed by atoms with Crippen molar-refractivity contribution in [2.75, 3.05) is 27.9 Å². The minimum Gasteiger partial charge on any atom is -0.493 e. The fourth-order valence-electron chi connectivity index (χ4n) is 5.02. The maximum Gasteiger partial charge on any atom is 0.338 e. The molecule has 0 N–H and O–H groups in total. The average molecular weight is 793 g/mol. The lowest BCUT2D eigenvalue weighted by atomic mass is 9.95. The van der Waals surface area contributed by atoms with E-state index in [1.165, 1.54) is 30.1 Å². The number of esters is 1. The SMILES string of the molecule is CCOC(=O)C1=C(C)N=c2s/c(=C\c3cc(Br)c(OCc4ccc(Cl)cc4)c(OC)c3)c(=O)n2[C@@H]1c1cc(OC)c(OC)cc1Br. The summed E-state index contributed by atoms with van der Waals surface area (Å²) in [7, 11) is 4.61. The van der Waals surface area contributed by atoms with Crippen LogP contribution in [0.15, 0.2) is 78.5 Å². The largest absolute Gasteiger partial charge is 0.493 e. The van der Waals surface area contributed by atoms with E-state index in [0.717, 1.165) is 5.56 Å². The number of benzene rings is 3. The van der Waals surface area contributed by atoms with Crippen molar-refractivity contribution in [3.05, 3.63) is 110 Å². The number of thiazole rings is 1. The number of fused-ring (bicyclic) bond motifs is 1. The number of aromatic nitrogens is 1. The lowest BCUT2D eigenvalue weighted by Gasteiger charge is -2.26. The molecule has 0 radical (unpaired) electrons. The highest BCUT2D eigenvalue weighted by molar-refractivity contribution is 9.10. The first-order chi connectivity index (χ1) is 22.1. The Balaban J connectivity index is 1.62. The standard InChI is InChI=1S/C33H29Br2ClN2O7S/c1-6-44-32(40)28-17(2)37-33-38(29(28)21-14-24(41-3)25(42-4)15-22(21)34)31(39)27(46-33)13-19-11-23(35)30(26(12-19)43-5)45-16-18-7-9-20(36)10-8-18/h7-15,29H,6,16H2,1-5H3/b27-13-/t29-/m1/s1. The molecule has 0 fully saturated rings. The first-order valence-corrected chi connectivity index (χ1v) is 16.7. The molecule has 2 heterocycles. The number of rotatable bonds is 10. The Bertz CT molecular complexity index is 2020. The smallest absolute Gasteiger partial charge is 0.338 e. The van der Waals surface area contributed by atoms with E-state index in [9.17, 15) is 9.59 Å². The molecular formula is C33H29Br2ClN2O7S. The highest BCUT2D eigenvalue weighted by atomic mass is 79.9. The molecule has 0 aliphatic carbocycles. The summed E-state index contributed by atoms with van der Waals surface area (Å²) in [6.07, 6.45) is 1.75. The third-order valence-electron chi connectivity index (χ3n) is 7.16. The maximum absolute atomic E-state index is 14.2. The summed E-state index contributed by atoms with van der Waals surface area (Å²) in [5.41, 5.74) is 2.61. The number of carbonyl (C=O) groups is 1. The number of methoxy groups -OCH3 is 3. The van der Waals surface area contributed by atoms with Crippen LogP contribution in [0.25, 0.3) is 6.08 Å². The Morgan fingerprint density at radius 1 is 1.00 bits per heavy atom. The van der Waals surface area contributed by atoms with E-state index >= 15 is 0 Å². The number of hydrogen-bond donors (Lipinski definition) is 0. The number of allylic oxidation sites excluding steroid dienone is 1. The third kappa shape index (κ3) is 6.76. The van der Waals surface area contributed by atoms with Crippen LogP contribution < -0.4 is 33.8 Å². The van der Waals surface area contributed by atoms with Crippen LogP contribution in [0.4, 0.5) is 0 Å². The van der Waals surface area contributed by atoms with Crippen LogP contribution in [-0.2, 0) is 16.1 Å². The molecule has 4 aromatic rings. The fourth-order valence-corrected chi connectivity index (χ4v) is 7.30. The monoisotopic (exact) mass is 790 g/mol. The van der Waals surface area contributed by atoms with E-state index in [2.05, 4.69) is 36.9 Å². The number of carbonyl (C=O) groups excluding carboxylic acids is 1. The van der Waals surface area contributed by atoms with Crippen molar-refractivity contribution in [1.29, 1.82) is 0 Å². The van der Waals surface area contributed by atoms with E-state index in [0.29, 0.717) is 69.7 Å². The van der Waals surface area contributed by atoms with Crippen molar-refractivity contribution in [3.8, 4) is 23.0 Å². The van der Waals surface area contributed by atoms with Crippen molar-refractivity contribution in [2.45, 2.75) is 26.5 Å². The molecule has 1 aliphatic rings. The first-order valence-electron chi connectivity index (χ1n) is 14.0. The molecule has 0 saturated heterocycles. The van der Waals surface area contributed by atoms with Crippen molar-refractivity contribution in [1.82, 2.24) is 4.57 Å². The minimum absolute atomic E-state index is 0.163. The van der Waals surface area contributed by atoms with E-state index < -0.39 is 12.0 Å². The van der Waals surface area contributed by atoms with Gasteiger partial charge in [-0.25, -0.2) is 9.79 Å². The lowest BCUT2D eigenvalue weighted by Crippen LogP contribution is -2.40. The van der Waals surface area contributed by atoms with E-state index in [1.807, 2.05) is 18.2 Å². The zero-order valence-electron chi connectivity index (χ0n) is 25.5. The Morgan fingerprint density at radius 3 is 2.33 bits per heavy atom. The van der Waals surface area contributed by atoms with Crippen molar-refractivity contribution < 1.29 is 28.5 Å². The van der Waals surface area contributed by atoms with Crippen LogP contribution in [0, 0.1) is 0 Å². The van der Waals surface area contributed by atoms with Gasteiger partial charge in [-0.3, -0.25) is 9.36 Å². The second-order valence-electron chi connectivity index (χ2n) is 9.98. The van der Waals surface area contributed by atoms with Gasteiger partial charge in [0.15, 0.2) is 27.8 Å². The fraction of sp³-hybridized carbons (Fsp3) is 0.242. The van der Waals surface area contributed by atoms with Gasteiger partial charge >= 0.3 is 5.97 Å². The number of nitrogens with zero attached hydrogens (tertiary/aromatic N) is 2. The molecule has 0 unspecified atom stereocenters. The van der Waals surface area contributed by atoms with Crippen LogP contribution in [0.5, 0.6) is 23.0 Å². The summed E-state index contributed by atoms with van der Waals surface area (Å²) >= 11 is 14.4. The van der Waals surface area contributed by atoms with Gasteiger partial charge in [-0.05, 0) is 88.9 Å². The molecule has 3 aromatic carbocycles. The van der Waals surface area contributed by atoms with Gasteiger partial charge in [0, 0.05) is 9.50 Å².